The van der Waals surface area contributed by atoms with Crippen molar-refractivity contribution in [1.82, 2.24) is 0 Å². The molecular formula is C14H18OS. The monoisotopic (exact) mass is 234 g/mol. The standard InChI is InChI=1S/C14H18OS/c1-3-14(2,10-15)8-11-9-16-13-7-5-4-6-12(11)13/h4-7,9,15H,3,8,10H2,1-2H3. The first-order valence-electron chi connectivity index (χ1n) is 5.74. The predicted octanol–water partition coefficient (Wildman–Crippen LogP) is 3.85. The van der Waals surface area contributed by atoms with Crippen LogP contribution in [0.25, 0.3) is 10.1 Å². The Morgan fingerprint density at radius 1 is 1.31 bits per heavy atom. The number of hydrogen-bond donors (Lipinski definition) is 1. The van der Waals surface area contributed by atoms with Crippen molar-refractivity contribution in [2.24, 2.45) is 5.41 Å². The molecule has 0 bridgehead atoms. The summed E-state index contributed by atoms with van der Waals surface area (Å²) in [7, 11) is 0. The lowest BCUT2D eigenvalue weighted by molar-refractivity contribution is 0.138. The first kappa shape index (κ1) is 11.6. The summed E-state index contributed by atoms with van der Waals surface area (Å²) in [6.07, 6.45) is 1.97. The molecule has 1 unspecified atom stereocenters. The zero-order valence-corrected chi connectivity index (χ0v) is 10.7. The van der Waals surface area contributed by atoms with E-state index in [1.807, 2.05) is 0 Å². The maximum atomic E-state index is 9.46. The van der Waals surface area contributed by atoms with Crippen LogP contribution in [0.3, 0.4) is 0 Å². The molecule has 2 rings (SSSR count). The smallest absolute Gasteiger partial charge is 0.0487 e. The number of benzene rings is 1. The Balaban J connectivity index is 2.34. The highest BCUT2D eigenvalue weighted by Crippen LogP contribution is 2.32. The van der Waals surface area contributed by atoms with Crippen molar-refractivity contribution in [2.45, 2.75) is 26.7 Å². The molecule has 1 heterocycles. The van der Waals surface area contributed by atoms with Crippen molar-refractivity contribution in [2.75, 3.05) is 6.61 Å². The zero-order valence-electron chi connectivity index (χ0n) is 9.86. The van der Waals surface area contributed by atoms with E-state index in [0.717, 1.165) is 12.8 Å². The second-order valence-electron chi connectivity index (χ2n) is 4.76. The molecule has 0 saturated heterocycles. The summed E-state index contributed by atoms with van der Waals surface area (Å²) in [5.41, 5.74) is 1.39. The first-order valence-corrected chi connectivity index (χ1v) is 6.62. The minimum absolute atomic E-state index is 0.0177. The molecule has 86 valence electrons. The van der Waals surface area contributed by atoms with Gasteiger partial charge in [0.2, 0.25) is 0 Å². The molecular weight excluding hydrogens is 216 g/mol. The number of aliphatic hydroxyl groups is 1. The number of fused-ring (bicyclic) bond motifs is 1. The summed E-state index contributed by atoms with van der Waals surface area (Å²) in [4.78, 5) is 0. The van der Waals surface area contributed by atoms with Crippen molar-refractivity contribution in [3.05, 3.63) is 35.2 Å². The predicted molar refractivity (Wildman–Crippen MR) is 71.0 cm³/mol. The molecule has 0 fully saturated rings. The van der Waals surface area contributed by atoms with Gasteiger partial charge in [0, 0.05) is 11.3 Å². The molecule has 0 amide bonds. The number of thiophene rings is 1. The molecule has 0 aliphatic heterocycles. The molecule has 0 saturated carbocycles. The van der Waals surface area contributed by atoms with Gasteiger partial charge >= 0.3 is 0 Å². The van der Waals surface area contributed by atoms with Crippen LogP contribution in [0, 0.1) is 5.41 Å². The quantitative estimate of drug-likeness (QED) is 0.852. The lowest BCUT2D eigenvalue weighted by atomic mass is 9.82. The molecule has 0 aliphatic carbocycles. The van der Waals surface area contributed by atoms with E-state index in [-0.39, 0.29) is 12.0 Å². The minimum atomic E-state index is 0.0177. The topological polar surface area (TPSA) is 20.2 Å². The van der Waals surface area contributed by atoms with Gasteiger partial charge < -0.3 is 5.11 Å². The van der Waals surface area contributed by atoms with Gasteiger partial charge in [-0.1, -0.05) is 32.0 Å². The molecule has 0 aliphatic rings. The van der Waals surface area contributed by atoms with Gasteiger partial charge in [-0.25, -0.2) is 0 Å². The summed E-state index contributed by atoms with van der Waals surface area (Å²) in [6, 6.07) is 8.49. The molecule has 1 N–H and O–H groups in total. The van der Waals surface area contributed by atoms with E-state index in [9.17, 15) is 5.11 Å². The molecule has 1 atom stereocenters. The van der Waals surface area contributed by atoms with E-state index >= 15 is 0 Å². The van der Waals surface area contributed by atoms with Gasteiger partial charge in [0.05, 0.1) is 0 Å². The summed E-state index contributed by atoms with van der Waals surface area (Å²) in [5.74, 6) is 0. The third kappa shape index (κ3) is 2.13. The van der Waals surface area contributed by atoms with Crippen molar-refractivity contribution in [3.63, 3.8) is 0 Å². The minimum Gasteiger partial charge on any atom is -0.396 e. The van der Waals surface area contributed by atoms with Gasteiger partial charge in [-0.2, -0.15) is 0 Å². The Bertz CT molecular complexity index is 468. The van der Waals surface area contributed by atoms with Gasteiger partial charge in [-0.15, -0.1) is 11.3 Å². The molecule has 2 heteroatoms. The molecule has 2 aromatic rings. The van der Waals surface area contributed by atoms with Crippen LogP contribution >= 0.6 is 11.3 Å². The summed E-state index contributed by atoms with van der Waals surface area (Å²) in [6.45, 7) is 4.55. The summed E-state index contributed by atoms with van der Waals surface area (Å²) < 4.78 is 1.34. The Morgan fingerprint density at radius 2 is 2.06 bits per heavy atom. The highest BCUT2D eigenvalue weighted by atomic mass is 32.1. The van der Waals surface area contributed by atoms with E-state index in [2.05, 4.69) is 43.5 Å². The molecule has 0 spiro atoms. The molecule has 0 radical (unpaired) electrons. The Labute approximate surface area is 101 Å². The van der Waals surface area contributed by atoms with Gasteiger partial charge in [0.1, 0.15) is 0 Å². The normalized spacial score (nSPS) is 15.2. The lowest BCUT2D eigenvalue weighted by Gasteiger charge is -2.25. The third-order valence-corrected chi connectivity index (χ3v) is 4.43. The van der Waals surface area contributed by atoms with Crippen molar-refractivity contribution in [1.29, 1.82) is 0 Å². The number of hydrogen-bond acceptors (Lipinski definition) is 2. The van der Waals surface area contributed by atoms with E-state index in [1.54, 1.807) is 11.3 Å². The fourth-order valence-corrected chi connectivity index (χ4v) is 2.88. The van der Waals surface area contributed by atoms with Crippen LogP contribution in [0.2, 0.25) is 0 Å². The average Bonchev–Trinajstić information content (AvgIpc) is 2.73. The van der Waals surface area contributed by atoms with E-state index < -0.39 is 0 Å². The Kier molecular flexibility index (Phi) is 3.31. The first-order chi connectivity index (χ1) is 7.68. The van der Waals surface area contributed by atoms with Crippen LogP contribution in [-0.4, -0.2) is 11.7 Å². The van der Waals surface area contributed by atoms with Gasteiger partial charge in [-0.3, -0.25) is 0 Å². The number of rotatable bonds is 4. The fraction of sp³-hybridized carbons (Fsp3) is 0.429. The van der Waals surface area contributed by atoms with Crippen molar-refractivity contribution in [3.8, 4) is 0 Å². The number of aliphatic hydroxyl groups excluding tert-OH is 1. The molecule has 16 heavy (non-hydrogen) atoms. The van der Waals surface area contributed by atoms with E-state index in [4.69, 9.17) is 0 Å². The summed E-state index contributed by atoms with van der Waals surface area (Å²) >= 11 is 1.79. The van der Waals surface area contributed by atoms with Crippen molar-refractivity contribution >= 4 is 21.4 Å². The Hall–Kier alpha value is -0.860. The molecule has 1 aromatic heterocycles. The maximum absolute atomic E-state index is 9.46. The van der Waals surface area contributed by atoms with Crippen LogP contribution in [0.15, 0.2) is 29.6 Å². The highest BCUT2D eigenvalue weighted by molar-refractivity contribution is 7.17. The SMILES string of the molecule is CCC(C)(CO)Cc1csc2ccccc12. The summed E-state index contributed by atoms with van der Waals surface area (Å²) in [5, 5.41) is 13.0. The lowest BCUT2D eigenvalue weighted by Crippen LogP contribution is -2.23. The second-order valence-corrected chi connectivity index (χ2v) is 5.67. The Morgan fingerprint density at radius 3 is 2.75 bits per heavy atom. The van der Waals surface area contributed by atoms with Gasteiger partial charge in [-0.05, 0) is 40.7 Å². The fourth-order valence-electron chi connectivity index (χ4n) is 1.92. The van der Waals surface area contributed by atoms with Crippen LogP contribution < -0.4 is 0 Å². The highest BCUT2D eigenvalue weighted by Gasteiger charge is 2.22. The van der Waals surface area contributed by atoms with E-state index in [0.29, 0.717) is 0 Å². The largest absolute Gasteiger partial charge is 0.396 e. The van der Waals surface area contributed by atoms with Crippen LogP contribution in [0.1, 0.15) is 25.8 Å². The van der Waals surface area contributed by atoms with Crippen LogP contribution in [-0.2, 0) is 6.42 Å². The maximum Gasteiger partial charge on any atom is 0.0487 e. The molecule has 1 nitrogen and oxygen atoms in total. The van der Waals surface area contributed by atoms with Crippen LogP contribution in [0.5, 0.6) is 0 Å². The van der Waals surface area contributed by atoms with Crippen molar-refractivity contribution < 1.29 is 5.11 Å². The van der Waals surface area contributed by atoms with Gasteiger partial charge in [0.15, 0.2) is 0 Å². The zero-order chi connectivity index (χ0) is 11.6. The second kappa shape index (κ2) is 4.56. The van der Waals surface area contributed by atoms with E-state index in [1.165, 1.54) is 15.6 Å². The third-order valence-electron chi connectivity index (χ3n) is 3.41. The molecule has 1 aromatic carbocycles. The van der Waals surface area contributed by atoms with Crippen LogP contribution in [0.4, 0.5) is 0 Å². The average molecular weight is 234 g/mol. The van der Waals surface area contributed by atoms with Gasteiger partial charge in [0.25, 0.3) is 0 Å².